The number of hydrogen-bond acceptors (Lipinski definition) is 0. The molecule has 7 heavy (non-hydrogen) atoms. The highest BCUT2D eigenvalue weighted by atomic mass is 19.3. The molecule has 0 amide bonds. The van der Waals surface area contributed by atoms with Crippen LogP contribution in [0.25, 0.3) is 0 Å². The molecule has 0 N–H and O–H groups in total. The highest BCUT2D eigenvalue weighted by Crippen LogP contribution is 2.11. The quantitative estimate of drug-likeness (QED) is 0.449. The van der Waals surface area contributed by atoms with E-state index in [-0.39, 0.29) is 0 Å². The summed E-state index contributed by atoms with van der Waals surface area (Å²) >= 11 is 0. The minimum Gasteiger partial charge on any atom is -0.202 e. The second-order valence-corrected chi connectivity index (χ2v) is 1.46. The van der Waals surface area contributed by atoms with Gasteiger partial charge >= 0.3 is 0 Å². The number of alkyl halides is 2. The van der Waals surface area contributed by atoms with Gasteiger partial charge in [-0.2, -0.15) is 0 Å². The Hall–Kier alpha value is -0.400. The number of halogens is 2. The first-order chi connectivity index (χ1) is 3.06. The largest absolute Gasteiger partial charge is 0.263 e. The first-order valence-corrected chi connectivity index (χ1v) is 2.08. The van der Waals surface area contributed by atoms with E-state index in [9.17, 15) is 8.78 Å². The molecule has 0 radical (unpaired) electrons. The fraction of sp³-hybridized carbons (Fsp3) is 0.600. The normalized spacial score (nSPS) is 13.1. The lowest BCUT2D eigenvalue weighted by atomic mass is 10.3. The maximum atomic E-state index is 11.6. The van der Waals surface area contributed by atoms with Gasteiger partial charge in [0.25, 0.3) is 5.92 Å². The van der Waals surface area contributed by atoms with E-state index in [0.29, 0.717) is 0 Å². The third kappa shape index (κ3) is 5.60. The van der Waals surface area contributed by atoms with Gasteiger partial charge in [0.2, 0.25) is 0 Å². The van der Waals surface area contributed by atoms with Crippen molar-refractivity contribution in [1.29, 1.82) is 0 Å². The molecule has 42 valence electrons. The molecule has 0 bridgehead atoms. The van der Waals surface area contributed by atoms with Crippen molar-refractivity contribution in [3.05, 3.63) is 12.2 Å². The van der Waals surface area contributed by atoms with Crippen LogP contribution >= 0.6 is 0 Å². The van der Waals surface area contributed by atoms with Crippen molar-refractivity contribution in [1.82, 2.24) is 0 Å². The predicted octanol–water partition coefficient (Wildman–Crippen LogP) is 2.22. The van der Waals surface area contributed by atoms with E-state index in [1.54, 1.807) is 6.92 Å². The first-order valence-electron chi connectivity index (χ1n) is 2.08. The van der Waals surface area contributed by atoms with E-state index in [2.05, 4.69) is 0 Å². The van der Waals surface area contributed by atoms with Crippen molar-refractivity contribution in [3.8, 4) is 0 Å². The Morgan fingerprint density at radius 2 is 1.86 bits per heavy atom. The van der Waals surface area contributed by atoms with Gasteiger partial charge in [0.15, 0.2) is 0 Å². The van der Waals surface area contributed by atoms with E-state index in [1.807, 2.05) is 0 Å². The van der Waals surface area contributed by atoms with Crippen LogP contribution in [0.3, 0.4) is 0 Å². The van der Waals surface area contributed by atoms with Gasteiger partial charge in [0.1, 0.15) is 0 Å². The summed E-state index contributed by atoms with van der Waals surface area (Å²) in [5.41, 5.74) is 0. The zero-order valence-corrected chi connectivity index (χ0v) is 4.41. The SMILES string of the molecule is C/C=C\C(C)(F)F. The molecule has 2 heteroatoms. The third-order valence-electron chi connectivity index (χ3n) is 0.459. The molecular weight excluding hydrogens is 98.1 g/mol. The Balaban J connectivity index is 3.56. The standard InChI is InChI=1S/C5H8F2/c1-3-4-5(2,6)7/h3-4H,1-2H3/b4-3-. The summed E-state index contributed by atoms with van der Waals surface area (Å²) in [4.78, 5) is 0. The molecular formula is C5H8F2. The van der Waals surface area contributed by atoms with Gasteiger partial charge in [-0.1, -0.05) is 6.08 Å². The minimum atomic E-state index is -2.63. The van der Waals surface area contributed by atoms with Crippen molar-refractivity contribution >= 4 is 0 Å². The predicted molar refractivity (Wildman–Crippen MR) is 25.4 cm³/mol. The van der Waals surface area contributed by atoms with Gasteiger partial charge in [0.05, 0.1) is 0 Å². The Kier molecular flexibility index (Phi) is 1.93. The van der Waals surface area contributed by atoms with Crippen LogP contribution in [0.5, 0.6) is 0 Å². The second-order valence-electron chi connectivity index (χ2n) is 1.46. The monoisotopic (exact) mass is 106 g/mol. The van der Waals surface area contributed by atoms with Crippen LogP contribution in [-0.4, -0.2) is 5.92 Å². The molecule has 0 aliphatic heterocycles. The second kappa shape index (κ2) is 2.05. The summed E-state index contributed by atoms with van der Waals surface area (Å²) in [6.45, 7) is 2.42. The molecule has 0 aliphatic carbocycles. The van der Waals surface area contributed by atoms with Crippen LogP contribution in [0.2, 0.25) is 0 Å². The van der Waals surface area contributed by atoms with Gasteiger partial charge in [-0.3, -0.25) is 0 Å². The molecule has 0 nitrogen and oxygen atoms in total. The molecule has 0 spiro atoms. The van der Waals surface area contributed by atoms with E-state index < -0.39 is 5.92 Å². The van der Waals surface area contributed by atoms with Crippen molar-refractivity contribution < 1.29 is 8.78 Å². The molecule has 0 atom stereocenters. The number of rotatable bonds is 1. The lowest BCUT2D eigenvalue weighted by Gasteiger charge is -1.98. The van der Waals surface area contributed by atoms with Crippen LogP contribution < -0.4 is 0 Å². The van der Waals surface area contributed by atoms with E-state index >= 15 is 0 Å². The van der Waals surface area contributed by atoms with Crippen LogP contribution in [0.15, 0.2) is 12.2 Å². The topological polar surface area (TPSA) is 0 Å². The molecule has 0 saturated carbocycles. The lowest BCUT2D eigenvalue weighted by Crippen LogP contribution is -2.02. The molecule has 0 aliphatic rings. The molecule has 0 aromatic carbocycles. The van der Waals surface area contributed by atoms with Gasteiger partial charge in [0, 0.05) is 6.92 Å². The molecule has 0 rings (SSSR count). The zero-order valence-electron chi connectivity index (χ0n) is 4.41. The Bertz CT molecular complexity index is 68.6. The molecule has 0 saturated heterocycles. The number of allylic oxidation sites excluding steroid dienone is 2. The fourth-order valence-electron chi connectivity index (χ4n) is 0.293. The average molecular weight is 106 g/mol. The lowest BCUT2D eigenvalue weighted by molar-refractivity contribution is 0.0773. The van der Waals surface area contributed by atoms with Crippen molar-refractivity contribution in [2.75, 3.05) is 0 Å². The summed E-state index contributed by atoms with van der Waals surface area (Å²) in [5.74, 6) is -2.63. The van der Waals surface area contributed by atoms with Gasteiger partial charge in [-0.25, -0.2) is 8.78 Å². The summed E-state index contributed by atoms with van der Waals surface area (Å²) in [6, 6.07) is 0. The Morgan fingerprint density at radius 3 is 1.86 bits per heavy atom. The highest BCUT2D eigenvalue weighted by Gasteiger charge is 2.13. The third-order valence-corrected chi connectivity index (χ3v) is 0.459. The highest BCUT2D eigenvalue weighted by molar-refractivity contribution is 4.88. The molecule has 0 aromatic heterocycles. The maximum Gasteiger partial charge on any atom is 0.263 e. The van der Waals surface area contributed by atoms with Gasteiger partial charge in [-0.15, -0.1) is 0 Å². The Labute approximate surface area is 41.8 Å². The number of hydrogen-bond donors (Lipinski definition) is 0. The molecule has 0 aromatic rings. The van der Waals surface area contributed by atoms with E-state index in [0.717, 1.165) is 13.0 Å². The van der Waals surface area contributed by atoms with Crippen LogP contribution in [-0.2, 0) is 0 Å². The van der Waals surface area contributed by atoms with E-state index in [1.165, 1.54) is 6.08 Å². The van der Waals surface area contributed by atoms with Crippen molar-refractivity contribution in [2.45, 2.75) is 19.8 Å². The van der Waals surface area contributed by atoms with Gasteiger partial charge in [-0.05, 0) is 13.0 Å². The maximum absolute atomic E-state index is 11.6. The van der Waals surface area contributed by atoms with Gasteiger partial charge < -0.3 is 0 Å². The molecule has 0 heterocycles. The summed E-state index contributed by atoms with van der Waals surface area (Å²) in [5, 5.41) is 0. The van der Waals surface area contributed by atoms with Crippen molar-refractivity contribution in [2.24, 2.45) is 0 Å². The zero-order chi connectivity index (χ0) is 5.91. The van der Waals surface area contributed by atoms with Crippen LogP contribution in [0.4, 0.5) is 8.78 Å². The first kappa shape index (κ1) is 6.60. The van der Waals surface area contributed by atoms with Crippen LogP contribution in [0, 0.1) is 0 Å². The summed E-state index contributed by atoms with van der Waals surface area (Å²) in [7, 11) is 0. The average Bonchev–Trinajstić information content (AvgIpc) is 1.30. The van der Waals surface area contributed by atoms with E-state index in [4.69, 9.17) is 0 Å². The summed E-state index contributed by atoms with van der Waals surface area (Å²) in [6.07, 6.45) is 2.19. The fourth-order valence-corrected chi connectivity index (χ4v) is 0.293. The van der Waals surface area contributed by atoms with Crippen LogP contribution in [0.1, 0.15) is 13.8 Å². The smallest absolute Gasteiger partial charge is 0.202 e. The van der Waals surface area contributed by atoms with Crippen molar-refractivity contribution in [3.63, 3.8) is 0 Å². The minimum absolute atomic E-state index is 0.854. The molecule has 0 unspecified atom stereocenters. The molecule has 0 fully saturated rings. The summed E-state index contributed by atoms with van der Waals surface area (Å²) < 4.78 is 23.3. The Morgan fingerprint density at radius 1 is 1.43 bits per heavy atom.